The first-order chi connectivity index (χ1) is 14.4. The van der Waals surface area contributed by atoms with E-state index in [9.17, 15) is 8.78 Å². The van der Waals surface area contributed by atoms with Crippen molar-refractivity contribution in [3.8, 4) is 0 Å². The summed E-state index contributed by atoms with van der Waals surface area (Å²) in [5, 5.41) is 9.69. The monoisotopic (exact) mass is 445 g/mol. The van der Waals surface area contributed by atoms with Crippen LogP contribution in [0.5, 0.6) is 0 Å². The SMILES string of the molecule is CC(C)[C@@H]1CNC[C@@H](F)C1.CC(C)[C@@H]1CNC[C@@](C)(F)C1.CC(C)[C@@H]1CNC[C@H](C)C1. The summed E-state index contributed by atoms with van der Waals surface area (Å²) in [4.78, 5) is 0. The van der Waals surface area contributed by atoms with E-state index < -0.39 is 11.8 Å². The highest BCUT2D eigenvalue weighted by Gasteiger charge is 2.32. The van der Waals surface area contributed by atoms with Crippen LogP contribution in [0.4, 0.5) is 8.78 Å². The zero-order valence-electron chi connectivity index (χ0n) is 21.7. The lowest BCUT2D eigenvalue weighted by molar-refractivity contribution is 0.0925. The lowest BCUT2D eigenvalue weighted by atomic mass is 9.83. The number of nitrogens with one attached hydrogen (secondary N) is 3. The molecular weight excluding hydrogens is 392 g/mol. The van der Waals surface area contributed by atoms with E-state index in [1.807, 2.05) is 0 Å². The molecular formula is C26H53F2N3. The van der Waals surface area contributed by atoms with Crippen molar-refractivity contribution in [3.05, 3.63) is 0 Å². The second-order valence-electron chi connectivity index (χ2n) is 11.8. The molecule has 3 rings (SSSR count). The van der Waals surface area contributed by atoms with E-state index in [2.05, 4.69) is 64.4 Å². The largest absolute Gasteiger partial charge is 0.316 e. The van der Waals surface area contributed by atoms with Crippen LogP contribution in [0.3, 0.4) is 0 Å². The summed E-state index contributed by atoms with van der Waals surface area (Å²) in [6.45, 7) is 22.8. The Morgan fingerprint density at radius 3 is 1.55 bits per heavy atom. The third kappa shape index (κ3) is 12.0. The van der Waals surface area contributed by atoms with E-state index in [1.165, 1.54) is 19.5 Å². The Kier molecular flexibility index (Phi) is 13.1. The quantitative estimate of drug-likeness (QED) is 0.540. The van der Waals surface area contributed by atoms with Crippen LogP contribution in [-0.2, 0) is 0 Å². The van der Waals surface area contributed by atoms with Crippen LogP contribution in [0, 0.1) is 41.4 Å². The summed E-state index contributed by atoms with van der Waals surface area (Å²) in [5.74, 6) is 4.94. The first-order valence-electron chi connectivity index (χ1n) is 12.9. The van der Waals surface area contributed by atoms with Crippen molar-refractivity contribution in [1.82, 2.24) is 16.0 Å². The van der Waals surface area contributed by atoms with Crippen LogP contribution in [0.1, 0.15) is 74.7 Å². The molecule has 0 saturated carbocycles. The van der Waals surface area contributed by atoms with Gasteiger partial charge in [-0.3, -0.25) is 0 Å². The topological polar surface area (TPSA) is 36.1 Å². The summed E-state index contributed by atoms with van der Waals surface area (Å²) in [7, 11) is 0. The fourth-order valence-corrected chi connectivity index (χ4v) is 4.82. The van der Waals surface area contributed by atoms with Crippen LogP contribution >= 0.6 is 0 Å². The van der Waals surface area contributed by atoms with E-state index in [-0.39, 0.29) is 0 Å². The lowest BCUT2D eigenvalue weighted by Gasteiger charge is -2.34. The molecule has 0 aliphatic carbocycles. The maximum absolute atomic E-state index is 13.4. The van der Waals surface area contributed by atoms with Gasteiger partial charge in [-0.05, 0) is 93.8 Å². The van der Waals surface area contributed by atoms with Crippen molar-refractivity contribution in [3.63, 3.8) is 0 Å². The van der Waals surface area contributed by atoms with Gasteiger partial charge < -0.3 is 16.0 Å². The van der Waals surface area contributed by atoms with Gasteiger partial charge in [0.1, 0.15) is 11.8 Å². The summed E-state index contributed by atoms with van der Waals surface area (Å²) >= 11 is 0. The molecule has 31 heavy (non-hydrogen) atoms. The van der Waals surface area contributed by atoms with Gasteiger partial charge in [0.05, 0.1) is 0 Å². The highest BCUT2D eigenvalue weighted by atomic mass is 19.1. The second kappa shape index (κ2) is 14.1. The predicted octanol–water partition coefficient (Wildman–Crippen LogP) is 5.46. The number of rotatable bonds is 3. The minimum Gasteiger partial charge on any atom is -0.316 e. The first kappa shape index (κ1) is 28.8. The van der Waals surface area contributed by atoms with Gasteiger partial charge in [-0.1, -0.05) is 48.5 Å². The van der Waals surface area contributed by atoms with Crippen LogP contribution in [-0.4, -0.2) is 51.1 Å². The molecule has 186 valence electrons. The zero-order valence-corrected chi connectivity index (χ0v) is 21.7. The maximum atomic E-state index is 13.4. The van der Waals surface area contributed by atoms with Crippen LogP contribution in [0.25, 0.3) is 0 Å². The Labute approximate surface area is 192 Å². The van der Waals surface area contributed by atoms with Crippen molar-refractivity contribution < 1.29 is 8.78 Å². The van der Waals surface area contributed by atoms with Gasteiger partial charge in [0.15, 0.2) is 0 Å². The summed E-state index contributed by atoms with van der Waals surface area (Å²) in [6, 6.07) is 0. The molecule has 3 aliphatic rings. The molecule has 0 aromatic heterocycles. The average Bonchev–Trinajstić information content (AvgIpc) is 2.68. The number of alkyl halides is 2. The minimum atomic E-state index is -0.979. The number of hydrogen-bond acceptors (Lipinski definition) is 3. The van der Waals surface area contributed by atoms with Gasteiger partial charge in [0.25, 0.3) is 0 Å². The first-order valence-corrected chi connectivity index (χ1v) is 12.9. The Morgan fingerprint density at radius 2 is 1.19 bits per heavy atom. The predicted molar refractivity (Wildman–Crippen MR) is 131 cm³/mol. The van der Waals surface area contributed by atoms with Gasteiger partial charge in [0.2, 0.25) is 0 Å². The molecule has 3 heterocycles. The van der Waals surface area contributed by atoms with E-state index in [0.29, 0.717) is 36.8 Å². The molecule has 0 unspecified atom stereocenters. The number of hydrogen-bond donors (Lipinski definition) is 3. The normalized spacial score (nSPS) is 36.5. The highest BCUT2D eigenvalue weighted by Crippen LogP contribution is 2.28. The maximum Gasteiger partial charge on any atom is 0.121 e. The van der Waals surface area contributed by atoms with E-state index in [1.54, 1.807) is 6.92 Å². The Morgan fingerprint density at radius 1 is 0.710 bits per heavy atom. The van der Waals surface area contributed by atoms with E-state index in [4.69, 9.17) is 0 Å². The highest BCUT2D eigenvalue weighted by molar-refractivity contribution is 4.87. The van der Waals surface area contributed by atoms with Crippen molar-refractivity contribution in [2.75, 3.05) is 39.3 Å². The Balaban J connectivity index is 0.000000233. The van der Waals surface area contributed by atoms with Gasteiger partial charge in [-0.25, -0.2) is 8.78 Å². The van der Waals surface area contributed by atoms with E-state index in [0.717, 1.165) is 43.7 Å². The lowest BCUT2D eigenvalue weighted by Crippen LogP contribution is -2.46. The molecule has 5 heteroatoms. The van der Waals surface area contributed by atoms with E-state index >= 15 is 0 Å². The van der Waals surface area contributed by atoms with Gasteiger partial charge in [0, 0.05) is 13.1 Å². The molecule has 6 atom stereocenters. The third-order valence-corrected chi connectivity index (χ3v) is 7.35. The molecule has 3 saturated heterocycles. The Hall–Kier alpha value is -0.260. The fourth-order valence-electron chi connectivity index (χ4n) is 4.82. The number of piperidine rings is 3. The van der Waals surface area contributed by atoms with Crippen LogP contribution in [0.15, 0.2) is 0 Å². The molecule has 0 aromatic rings. The summed E-state index contributed by atoms with van der Waals surface area (Å²) in [5.41, 5.74) is -0.979. The third-order valence-electron chi connectivity index (χ3n) is 7.35. The Bertz CT molecular complexity index is 442. The standard InChI is InChI=1S/C9H18FN.C9H19N.C8H16FN/c1-7(2)8-4-9(3,10)6-11-5-8;1-7(2)9-4-8(3)5-10-6-9;1-6(2)7-3-8(9)5-10-4-7/h7-8,11H,4-6H2,1-3H3;7-10H,4-6H2,1-3H3;6-8,10H,3-5H2,1-2H3/t8-,9-;8-,9+;7-,8-/m010/s1. The molecule has 3 N–H and O–H groups in total. The molecule has 0 amide bonds. The molecule has 0 aromatic carbocycles. The average molecular weight is 446 g/mol. The van der Waals surface area contributed by atoms with Crippen molar-refractivity contribution in [2.24, 2.45) is 41.4 Å². The van der Waals surface area contributed by atoms with Gasteiger partial charge in [-0.15, -0.1) is 0 Å². The van der Waals surface area contributed by atoms with Crippen molar-refractivity contribution in [1.29, 1.82) is 0 Å². The molecule has 3 fully saturated rings. The molecule has 0 bridgehead atoms. The van der Waals surface area contributed by atoms with Crippen LogP contribution in [0.2, 0.25) is 0 Å². The van der Waals surface area contributed by atoms with Crippen molar-refractivity contribution in [2.45, 2.75) is 86.5 Å². The second-order valence-corrected chi connectivity index (χ2v) is 11.8. The zero-order chi connectivity index (χ0) is 23.6. The smallest absolute Gasteiger partial charge is 0.121 e. The summed E-state index contributed by atoms with van der Waals surface area (Å²) < 4.78 is 26.2. The minimum absolute atomic E-state index is 0.513. The molecule has 0 radical (unpaired) electrons. The molecule has 0 spiro atoms. The molecule has 3 aliphatic heterocycles. The van der Waals surface area contributed by atoms with Gasteiger partial charge in [-0.2, -0.15) is 0 Å². The fraction of sp³-hybridized carbons (Fsp3) is 1.00. The van der Waals surface area contributed by atoms with Crippen LogP contribution < -0.4 is 16.0 Å². The number of halogens is 2. The summed E-state index contributed by atoms with van der Waals surface area (Å²) in [6.07, 6.45) is 2.29. The van der Waals surface area contributed by atoms with Crippen molar-refractivity contribution >= 4 is 0 Å². The van der Waals surface area contributed by atoms with Gasteiger partial charge >= 0.3 is 0 Å². The molecule has 3 nitrogen and oxygen atoms in total.